The lowest BCUT2D eigenvalue weighted by Gasteiger charge is -2.44. The molecule has 0 atom stereocenters. The number of halogens is 2. The Morgan fingerprint density at radius 2 is 0.843 bits per heavy atom. The van der Waals surface area contributed by atoms with Gasteiger partial charge in [0.05, 0.1) is 0 Å². The van der Waals surface area contributed by atoms with Gasteiger partial charge in [-0.15, -0.1) is 24.8 Å². The van der Waals surface area contributed by atoms with E-state index in [9.17, 15) is 14.4 Å². The van der Waals surface area contributed by atoms with Crippen LogP contribution in [-0.2, 0) is 15.0 Å². The van der Waals surface area contributed by atoms with Gasteiger partial charge in [-0.1, -0.05) is 73.7 Å². The third-order valence-electron chi connectivity index (χ3n) is 10.7. The molecule has 3 fully saturated rings. The number of para-hydroxylation sites is 2. The van der Waals surface area contributed by atoms with E-state index in [1.807, 2.05) is 49.4 Å². The first-order valence-corrected chi connectivity index (χ1v) is 18.3. The number of rotatable bonds is 14. The van der Waals surface area contributed by atoms with Crippen molar-refractivity contribution in [1.82, 2.24) is 19.6 Å². The average Bonchev–Trinajstić information content (AvgIpc) is 3.16. The van der Waals surface area contributed by atoms with Crippen molar-refractivity contribution in [3.05, 3.63) is 96.6 Å². The number of nitrogens with zero attached hydrogens (tertiary/aromatic N) is 6. The van der Waals surface area contributed by atoms with Crippen molar-refractivity contribution in [1.29, 1.82) is 0 Å². The number of piperazine rings is 2. The Kier molecular flexibility index (Phi) is 15.2. The maximum Gasteiger partial charge on any atom is 0.333 e. The van der Waals surface area contributed by atoms with Gasteiger partial charge in [0.15, 0.2) is 5.41 Å². The van der Waals surface area contributed by atoms with Crippen LogP contribution in [-0.4, -0.2) is 116 Å². The number of unbranched alkanes of at least 4 members (excludes halogenated alkanes) is 2. The molecule has 0 aromatic heterocycles. The lowest BCUT2D eigenvalue weighted by Crippen LogP contribution is -2.67. The minimum Gasteiger partial charge on any atom is -0.369 e. The van der Waals surface area contributed by atoms with Gasteiger partial charge < -0.3 is 9.80 Å². The molecule has 0 aliphatic carbocycles. The van der Waals surface area contributed by atoms with E-state index in [1.54, 1.807) is 0 Å². The highest BCUT2D eigenvalue weighted by Crippen LogP contribution is 2.37. The first kappa shape index (κ1) is 40.1. The van der Waals surface area contributed by atoms with E-state index in [-0.39, 0.29) is 36.6 Å². The molecule has 0 radical (unpaired) electrons. The van der Waals surface area contributed by atoms with Crippen molar-refractivity contribution in [2.45, 2.75) is 44.4 Å². The first-order chi connectivity index (χ1) is 24.0. The maximum atomic E-state index is 14.2. The normalized spacial score (nSPS) is 18.4. The molecule has 11 heteroatoms. The number of carbonyl (C=O) groups excluding carboxylic acids is 3. The summed E-state index contributed by atoms with van der Waals surface area (Å²) in [5.74, 6) is -0.750. The van der Waals surface area contributed by atoms with Crippen molar-refractivity contribution in [3.63, 3.8) is 0 Å². The van der Waals surface area contributed by atoms with Gasteiger partial charge in [-0.3, -0.25) is 29.2 Å². The van der Waals surface area contributed by atoms with Crippen LogP contribution in [0, 0.1) is 0 Å². The first-order valence-electron chi connectivity index (χ1n) is 18.3. The van der Waals surface area contributed by atoms with Crippen LogP contribution in [0.25, 0.3) is 0 Å². The van der Waals surface area contributed by atoms with Crippen molar-refractivity contribution in [2.24, 2.45) is 0 Å². The number of benzene rings is 3. The van der Waals surface area contributed by atoms with E-state index >= 15 is 0 Å². The smallest absolute Gasteiger partial charge is 0.333 e. The fourth-order valence-corrected chi connectivity index (χ4v) is 7.69. The Morgan fingerprint density at radius 1 is 0.490 bits per heavy atom. The highest BCUT2D eigenvalue weighted by Gasteiger charge is 2.57. The minimum absolute atomic E-state index is 0. The van der Waals surface area contributed by atoms with Crippen LogP contribution in [0.2, 0.25) is 0 Å². The van der Waals surface area contributed by atoms with Gasteiger partial charge >= 0.3 is 6.03 Å². The number of anilines is 2. The van der Waals surface area contributed by atoms with Crippen LogP contribution in [0.15, 0.2) is 91.0 Å². The molecular formula is C40H54Cl2N6O3. The lowest BCUT2D eigenvalue weighted by molar-refractivity contribution is -0.152. The summed E-state index contributed by atoms with van der Waals surface area (Å²) < 4.78 is 0. The standard InChI is InChI=1S/C40H52N6O3.2ClH/c1-2-40(34-16-6-3-7-17-34)37(47)45(24-14-12-22-41-26-30-43(31-27-41)35-18-8-4-9-19-35)39(49)46(38(40)48)25-15-13-23-42-28-32-44(33-29-42)36-20-10-5-11-21-36;;/h3-11,16-21H,2,12-15,22-33H2,1H3;2*1H. The SMILES string of the molecule is CCC1(c2ccccc2)C(=O)N(CCCCN2CCN(c3ccccc3)CC2)C(=O)N(CCCCN2CCN(c3ccccc3)CC2)C1=O.Cl.Cl. The number of amides is 4. The van der Waals surface area contributed by atoms with Gasteiger partial charge in [-0.05, 0) is 75.0 Å². The zero-order valence-electron chi connectivity index (χ0n) is 29.9. The molecule has 3 saturated heterocycles. The Morgan fingerprint density at radius 3 is 1.22 bits per heavy atom. The van der Waals surface area contributed by atoms with E-state index in [0.29, 0.717) is 37.9 Å². The molecular weight excluding hydrogens is 683 g/mol. The molecule has 51 heavy (non-hydrogen) atoms. The molecule has 3 aromatic carbocycles. The Balaban J connectivity index is 0.00000292. The van der Waals surface area contributed by atoms with Crippen LogP contribution in [0.4, 0.5) is 16.2 Å². The van der Waals surface area contributed by atoms with E-state index in [4.69, 9.17) is 0 Å². The fourth-order valence-electron chi connectivity index (χ4n) is 7.69. The largest absolute Gasteiger partial charge is 0.369 e. The summed E-state index contributed by atoms with van der Waals surface area (Å²) in [4.78, 5) is 54.9. The molecule has 0 N–H and O–H groups in total. The van der Waals surface area contributed by atoms with Gasteiger partial charge in [0.2, 0.25) is 0 Å². The summed E-state index contributed by atoms with van der Waals surface area (Å²) in [6.07, 6.45) is 3.51. The van der Waals surface area contributed by atoms with Gasteiger partial charge in [0.1, 0.15) is 0 Å². The highest BCUT2D eigenvalue weighted by atomic mass is 35.5. The number of carbonyl (C=O) groups is 3. The summed E-state index contributed by atoms with van der Waals surface area (Å²) in [5.41, 5.74) is 1.82. The van der Waals surface area contributed by atoms with Gasteiger partial charge in [0, 0.05) is 76.8 Å². The maximum absolute atomic E-state index is 14.2. The van der Waals surface area contributed by atoms with Crippen molar-refractivity contribution in [3.8, 4) is 0 Å². The Labute approximate surface area is 316 Å². The number of hydrogen-bond donors (Lipinski definition) is 0. The van der Waals surface area contributed by atoms with Crippen LogP contribution in [0.1, 0.15) is 44.6 Å². The summed E-state index contributed by atoms with van der Waals surface area (Å²) >= 11 is 0. The summed E-state index contributed by atoms with van der Waals surface area (Å²) in [6.45, 7) is 12.3. The molecule has 3 aliphatic rings. The second-order valence-electron chi connectivity index (χ2n) is 13.6. The Hall–Kier alpha value is -3.63. The van der Waals surface area contributed by atoms with E-state index in [0.717, 1.165) is 78.3 Å². The van der Waals surface area contributed by atoms with Crippen LogP contribution in [0.5, 0.6) is 0 Å². The summed E-state index contributed by atoms with van der Waals surface area (Å²) in [6, 6.07) is 30.0. The monoisotopic (exact) mass is 736 g/mol. The molecule has 0 spiro atoms. The van der Waals surface area contributed by atoms with Crippen molar-refractivity contribution >= 4 is 54.0 Å². The second-order valence-corrected chi connectivity index (χ2v) is 13.6. The molecule has 276 valence electrons. The number of hydrogen-bond acceptors (Lipinski definition) is 7. The predicted octanol–water partition coefficient (Wildman–Crippen LogP) is 6.17. The number of urea groups is 1. The third-order valence-corrected chi connectivity index (χ3v) is 10.7. The minimum atomic E-state index is -1.38. The van der Waals surface area contributed by atoms with Crippen LogP contribution in [0.3, 0.4) is 0 Å². The van der Waals surface area contributed by atoms with Gasteiger partial charge in [-0.25, -0.2) is 4.79 Å². The third kappa shape index (κ3) is 9.24. The summed E-state index contributed by atoms with van der Waals surface area (Å²) in [7, 11) is 0. The molecule has 0 unspecified atom stereocenters. The molecule has 3 aliphatic heterocycles. The molecule has 4 amide bonds. The van der Waals surface area contributed by atoms with Crippen LogP contribution < -0.4 is 9.80 Å². The predicted molar refractivity (Wildman–Crippen MR) is 210 cm³/mol. The van der Waals surface area contributed by atoms with Gasteiger partial charge in [0.25, 0.3) is 11.8 Å². The molecule has 0 bridgehead atoms. The number of imide groups is 2. The molecule has 3 heterocycles. The van der Waals surface area contributed by atoms with E-state index in [2.05, 4.69) is 68.1 Å². The quantitative estimate of drug-likeness (QED) is 0.145. The molecule has 0 saturated carbocycles. The Bertz CT molecular complexity index is 1430. The number of barbiturate groups is 1. The topological polar surface area (TPSA) is 70.7 Å². The second kappa shape index (κ2) is 19.3. The van der Waals surface area contributed by atoms with E-state index < -0.39 is 11.4 Å². The molecule has 3 aromatic rings. The zero-order chi connectivity index (χ0) is 34.1. The van der Waals surface area contributed by atoms with Crippen molar-refractivity contribution < 1.29 is 14.4 Å². The fraction of sp³-hybridized carbons (Fsp3) is 0.475. The molecule has 9 nitrogen and oxygen atoms in total. The lowest BCUT2D eigenvalue weighted by atomic mass is 9.74. The van der Waals surface area contributed by atoms with Crippen LogP contribution >= 0.6 is 24.8 Å². The molecule has 6 rings (SSSR count). The summed E-state index contributed by atoms with van der Waals surface area (Å²) in [5, 5.41) is 0. The zero-order valence-corrected chi connectivity index (χ0v) is 31.5. The van der Waals surface area contributed by atoms with Gasteiger partial charge in [-0.2, -0.15) is 0 Å². The van der Waals surface area contributed by atoms with Crippen molar-refractivity contribution in [2.75, 3.05) is 88.3 Å². The average molecular weight is 738 g/mol. The highest BCUT2D eigenvalue weighted by molar-refractivity contribution is 6.22. The van der Waals surface area contributed by atoms with E-state index in [1.165, 1.54) is 21.2 Å².